The summed E-state index contributed by atoms with van der Waals surface area (Å²) in [7, 11) is 0. The van der Waals surface area contributed by atoms with Gasteiger partial charge in [-0.3, -0.25) is 14.8 Å². The fraction of sp³-hybridized carbons (Fsp3) is 0.308. The molecule has 1 atom stereocenters. The normalized spacial score (nSPS) is 12.3. The first-order valence-electron chi connectivity index (χ1n) is 6.15. The van der Waals surface area contributed by atoms with Gasteiger partial charge in [-0.05, 0) is 31.0 Å². The second-order valence-corrected chi connectivity index (χ2v) is 4.76. The summed E-state index contributed by atoms with van der Waals surface area (Å²) in [4.78, 5) is 10.4. The first kappa shape index (κ1) is 14.1. The molecule has 1 heterocycles. The Morgan fingerprint density at radius 3 is 2.95 bits per heavy atom. The zero-order chi connectivity index (χ0) is 14.7. The minimum absolute atomic E-state index is 0.0103. The van der Waals surface area contributed by atoms with Crippen LogP contribution in [0.5, 0.6) is 0 Å². The summed E-state index contributed by atoms with van der Waals surface area (Å²) in [5.74, 6) is -0.506. The van der Waals surface area contributed by atoms with Crippen LogP contribution in [0.1, 0.15) is 18.1 Å². The van der Waals surface area contributed by atoms with Crippen LogP contribution in [0.4, 0.5) is 10.1 Å². The van der Waals surface area contributed by atoms with E-state index in [4.69, 9.17) is 5.73 Å². The van der Waals surface area contributed by atoms with Crippen LogP contribution in [0.25, 0.3) is 0 Å². The SMILES string of the molecule is CC(N)Cc1cnn(Cc2cc(F)ccc2[N+](=O)[O-])c1. The molecule has 1 aromatic heterocycles. The van der Waals surface area contributed by atoms with Crippen LogP contribution >= 0.6 is 0 Å². The van der Waals surface area contributed by atoms with E-state index in [-0.39, 0.29) is 23.8 Å². The molecular weight excluding hydrogens is 263 g/mol. The van der Waals surface area contributed by atoms with Crippen molar-refractivity contribution in [2.45, 2.75) is 25.9 Å². The molecule has 0 radical (unpaired) electrons. The van der Waals surface area contributed by atoms with E-state index in [1.807, 2.05) is 6.92 Å². The van der Waals surface area contributed by atoms with E-state index in [0.717, 1.165) is 23.8 Å². The van der Waals surface area contributed by atoms with Crippen LogP contribution in [0.15, 0.2) is 30.6 Å². The molecule has 106 valence electrons. The lowest BCUT2D eigenvalue weighted by Gasteiger charge is -2.04. The smallest absolute Gasteiger partial charge is 0.274 e. The first-order valence-corrected chi connectivity index (χ1v) is 6.15. The molecule has 0 saturated heterocycles. The average Bonchev–Trinajstić information content (AvgIpc) is 2.75. The van der Waals surface area contributed by atoms with Gasteiger partial charge in [0.2, 0.25) is 0 Å². The van der Waals surface area contributed by atoms with E-state index in [0.29, 0.717) is 6.42 Å². The quantitative estimate of drug-likeness (QED) is 0.668. The Balaban J connectivity index is 2.23. The zero-order valence-corrected chi connectivity index (χ0v) is 11.0. The summed E-state index contributed by atoms with van der Waals surface area (Å²) >= 11 is 0. The van der Waals surface area contributed by atoms with Crippen molar-refractivity contribution in [3.63, 3.8) is 0 Å². The van der Waals surface area contributed by atoms with Gasteiger partial charge in [-0.2, -0.15) is 5.10 Å². The summed E-state index contributed by atoms with van der Waals surface area (Å²) in [6.07, 6.45) is 4.09. The third kappa shape index (κ3) is 3.39. The van der Waals surface area contributed by atoms with E-state index in [1.165, 1.54) is 0 Å². The zero-order valence-electron chi connectivity index (χ0n) is 11.0. The van der Waals surface area contributed by atoms with Gasteiger partial charge in [0.25, 0.3) is 5.69 Å². The molecule has 0 amide bonds. The van der Waals surface area contributed by atoms with Gasteiger partial charge in [0.05, 0.1) is 23.2 Å². The molecule has 6 nitrogen and oxygen atoms in total. The van der Waals surface area contributed by atoms with Crippen LogP contribution in [-0.2, 0) is 13.0 Å². The number of halogens is 1. The predicted molar refractivity (Wildman–Crippen MR) is 71.7 cm³/mol. The van der Waals surface area contributed by atoms with Crippen molar-refractivity contribution in [3.05, 3.63) is 57.7 Å². The average molecular weight is 278 g/mol. The van der Waals surface area contributed by atoms with Crippen molar-refractivity contribution in [3.8, 4) is 0 Å². The highest BCUT2D eigenvalue weighted by molar-refractivity contribution is 5.40. The maximum atomic E-state index is 13.2. The van der Waals surface area contributed by atoms with Crippen LogP contribution in [0.2, 0.25) is 0 Å². The number of rotatable bonds is 5. The van der Waals surface area contributed by atoms with Crippen LogP contribution < -0.4 is 5.73 Å². The molecule has 1 unspecified atom stereocenters. The molecule has 0 aliphatic rings. The van der Waals surface area contributed by atoms with Crippen molar-refractivity contribution in [2.75, 3.05) is 0 Å². The van der Waals surface area contributed by atoms with E-state index in [1.54, 1.807) is 17.1 Å². The number of nitro groups is 1. The molecule has 0 bridgehead atoms. The Bertz CT molecular complexity index is 625. The van der Waals surface area contributed by atoms with Crippen molar-refractivity contribution >= 4 is 5.69 Å². The number of benzene rings is 1. The van der Waals surface area contributed by atoms with Gasteiger partial charge in [-0.15, -0.1) is 0 Å². The topological polar surface area (TPSA) is 87.0 Å². The number of hydrogen-bond donors (Lipinski definition) is 1. The van der Waals surface area contributed by atoms with Crippen LogP contribution in [0.3, 0.4) is 0 Å². The Morgan fingerprint density at radius 2 is 2.30 bits per heavy atom. The lowest BCUT2D eigenvalue weighted by molar-refractivity contribution is -0.385. The summed E-state index contributed by atoms with van der Waals surface area (Å²) < 4.78 is 14.8. The lowest BCUT2D eigenvalue weighted by atomic mass is 10.1. The molecule has 2 aromatic rings. The first-order chi connectivity index (χ1) is 9.45. The highest BCUT2D eigenvalue weighted by Crippen LogP contribution is 2.20. The largest absolute Gasteiger partial charge is 0.328 e. The third-order valence-corrected chi connectivity index (χ3v) is 2.81. The molecule has 0 saturated carbocycles. The Labute approximate surface area is 115 Å². The number of nitro benzene ring substituents is 1. The van der Waals surface area contributed by atoms with Crippen LogP contribution in [0, 0.1) is 15.9 Å². The summed E-state index contributed by atoms with van der Waals surface area (Å²) in [5.41, 5.74) is 6.81. The van der Waals surface area contributed by atoms with Crippen molar-refractivity contribution in [2.24, 2.45) is 5.73 Å². The van der Waals surface area contributed by atoms with Gasteiger partial charge in [-0.25, -0.2) is 4.39 Å². The molecule has 20 heavy (non-hydrogen) atoms. The van der Waals surface area contributed by atoms with Gasteiger partial charge in [-0.1, -0.05) is 0 Å². The van der Waals surface area contributed by atoms with Crippen LogP contribution in [-0.4, -0.2) is 20.7 Å². The summed E-state index contributed by atoms with van der Waals surface area (Å²) in [6, 6.07) is 3.41. The van der Waals surface area contributed by atoms with E-state index >= 15 is 0 Å². The monoisotopic (exact) mass is 278 g/mol. The third-order valence-electron chi connectivity index (χ3n) is 2.81. The van der Waals surface area contributed by atoms with Gasteiger partial charge in [0.1, 0.15) is 5.82 Å². The van der Waals surface area contributed by atoms with E-state index in [2.05, 4.69) is 5.10 Å². The molecule has 1 aromatic carbocycles. The Kier molecular flexibility index (Phi) is 4.09. The molecule has 0 spiro atoms. The molecule has 0 fully saturated rings. The second kappa shape index (κ2) is 5.79. The summed E-state index contributed by atoms with van der Waals surface area (Å²) in [5, 5.41) is 15.0. The minimum Gasteiger partial charge on any atom is -0.328 e. The van der Waals surface area contributed by atoms with Crippen molar-refractivity contribution in [1.29, 1.82) is 0 Å². The maximum Gasteiger partial charge on any atom is 0.274 e. The second-order valence-electron chi connectivity index (χ2n) is 4.76. The highest BCUT2D eigenvalue weighted by Gasteiger charge is 2.15. The number of nitrogens with two attached hydrogens (primary N) is 1. The van der Waals surface area contributed by atoms with Crippen molar-refractivity contribution in [1.82, 2.24) is 9.78 Å². The Hall–Kier alpha value is -2.28. The Morgan fingerprint density at radius 1 is 1.55 bits per heavy atom. The van der Waals surface area contributed by atoms with Gasteiger partial charge >= 0.3 is 0 Å². The van der Waals surface area contributed by atoms with Gasteiger partial charge in [0.15, 0.2) is 0 Å². The number of hydrogen-bond acceptors (Lipinski definition) is 4. The number of nitrogens with zero attached hydrogens (tertiary/aromatic N) is 3. The maximum absolute atomic E-state index is 13.2. The fourth-order valence-corrected chi connectivity index (χ4v) is 2.00. The molecule has 0 aliphatic carbocycles. The van der Waals surface area contributed by atoms with E-state index < -0.39 is 10.7 Å². The lowest BCUT2D eigenvalue weighted by Crippen LogP contribution is -2.17. The molecule has 2 rings (SSSR count). The highest BCUT2D eigenvalue weighted by atomic mass is 19.1. The molecular formula is C13H15FN4O2. The van der Waals surface area contributed by atoms with E-state index in [9.17, 15) is 14.5 Å². The molecule has 0 aliphatic heterocycles. The predicted octanol–water partition coefficient (Wildman–Crippen LogP) is 1.87. The van der Waals surface area contributed by atoms with Gasteiger partial charge < -0.3 is 5.73 Å². The van der Waals surface area contributed by atoms with Crippen molar-refractivity contribution < 1.29 is 9.31 Å². The van der Waals surface area contributed by atoms with Gasteiger partial charge in [0, 0.05) is 18.3 Å². The molecule has 7 heteroatoms. The molecule has 2 N–H and O–H groups in total. The minimum atomic E-state index is -0.527. The summed E-state index contributed by atoms with van der Waals surface area (Å²) in [6.45, 7) is 2.03. The number of aromatic nitrogens is 2. The fourth-order valence-electron chi connectivity index (χ4n) is 2.00. The standard InChI is InChI=1S/C13H15FN4O2/c1-9(15)4-10-6-16-17(7-10)8-11-5-12(14)2-3-13(11)18(19)20/h2-3,5-7,9H,4,8,15H2,1H3.